The van der Waals surface area contributed by atoms with E-state index in [1.54, 1.807) is 0 Å². The monoisotopic (exact) mass is 146 g/mol. The lowest BCUT2D eigenvalue weighted by Gasteiger charge is -1.68. The average molecular weight is 146 g/mol. The summed E-state index contributed by atoms with van der Waals surface area (Å²) in [5.41, 5.74) is 0. The highest BCUT2D eigenvalue weighted by Crippen LogP contribution is 1.76. The van der Waals surface area contributed by atoms with E-state index >= 15 is 0 Å². The van der Waals surface area contributed by atoms with E-state index in [1.165, 1.54) is 18.9 Å². The fourth-order valence-corrected chi connectivity index (χ4v) is 0. The molecule has 0 amide bonds. The van der Waals surface area contributed by atoms with Crippen LogP contribution in [0.2, 0.25) is 0 Å². The third kappa shape index (κ3) is 153. The van der Waals surface area contributed by atoms with Gasteiger partial charge < -0.3 is 0 Å². The minimum Gasteiger partial charge on any atom is -0.299 e. The lowest BCUT2D eigenvalue weighted by Crippen LogP contribution is -1.47. The summed E-state index contributed by atoms with van der Waals surface area (Å²) in [6.45, 7) is 7.47. The van der Waals surface area contributed by atoms with Crippen molar-refractivity contribution in [2.75, 3.05) is 0 Å². The van der Waals surface area contributed by atoms with Crippen molar-refractivity contribution >= 4 is 6.29 Å². The Labute approximate surface area is 66.1 Å². The normalized spacial score (nSPS) is 5.00. The van der Waals surface area contributed by atoms with E-state index in [1.807, 2.05) is 0 Å². The lowest BCUT2D eigenvalue weighted by atomic mass is 10.4. The zero-order chi connectivity index (χ0) is 6.83. The molecule has 0 radical (unpaired) electrons. The Bertz CT molecular complexity index is 40.7. The highest BCUT2D eigenvalue weighted by molar-refractivity contribution is 5.63. The molecular weight excluding hydrogens is 124 g/mol. The summed E-state index contributed by atoms with van der Waals surface area (Å²) in [5, 5.41) is 0. The maximum Gasteiger partial charge on any atom is 0.142 e. The van der Waals surface area contributed by atoms with E-state index < -0.39 is 0 Å². The molecule has 0 saturated carbocycles. The Hall–Kier alpha value is -0.590. The van der Waals surface area contributed by atoms with Gasteiger partial charge in [0, 0.05) is 0 Å². The van der Waals surface area contributed by atoms with E-state index in [0.717, 1.165) is 0 Å². The molecule has 0 spiro atoms. The Kier molecular flexibility index (Phi) is 90.3. The maximum atomic E-state index is 9.06. The number of allylic oxidation sites excluding steroid dienone is 1. The fourth-order valence-electron chi connectivity index (χ4n) is 0. The van der Waals surface area contributed by atoms with Crippen LogP contribution >= 0.6 is 0 Å². The predicted octanol–water partition coefficient (Wildman–Crippen LogP) is 3.45. The number of unbranched alkanes of at least 4 members (excludes halogenated alkanes) is 1. The number of hydrogen-bond donors (Lipinski definition) is 0. The molecule has 0 aliphatic heterocycles. The second kappa shape index (κ2) is 39.7. The Morgan fingerprint density at radius 1 is 1.20 bits per heavy atom. The minimum absolute atomic E-state index is 0. The number of hydrogen-bond acceptors (Lipinski definition) is 1. The summed E-state index contributed by atoms with van der Waals surface area (Å²) in [7, 11) is 0. The van der Waals surface area contributed by atoms with E-state index in [9.17, 15) is 0 Å². The molecule has 10 heavy (non-hydrogen) atoms. The number of rotatable bonds is 2. The second-order valence-electron chi connectivity index (χ2n) is 1.37. The van der Waals surface area contributed by atoms with Crippen LogP contribution in [0.5, 0.6) is 0 Å². The van der Waals surface area contributed by atoms with Gasteiger partial charge >= 0.3 is 0 Å². The predicted molar refractivity (Wildman–Crippen MR) is 50.3 cm³/mol. The van der Waals surface area contributed by atoms with Crippen LogP contribution in [0.1, 0.15) is 41.5 Å². The van der Waals surface area contributed by atoms with Gasteiger partial charge in [-0.3, -0.25) is 4.79 Å². The summed E-state index contributed by atoms with van der Waals surface area (Å²) in [6.07, 6.45) is 4.47. The van der Waals surface area contributed by atoms with Gasteiger partial charge in [-0.25, -0.2) is 0 Å². The molecule has 0 rings (SSSR count). The van der Waals surface area contributed by atoms with Crippen LogP contribution in [-0.4, -0.2) is 6.29 Å². The molecule has 0 atom stereocenters. The molecule has 0 aromatic rings. The molecule has 0 N–H and O–H groups in total. The topological polar surface area (TPSA) is 17.1 Å². The maximum absolute atomic E-state index is 9.06. The van der Waals surface area contributed by atoms with Crippen molar-refractivity contribution in [2.24, 2.45) is 0 Å². The summed E-state index contributed by atoms with van der Waals surface area (Å²) in [5.74, 6) is 0. The van der Waals surface area contributed by atoms with Crippen molar-refractivity contribution < 1.29 is 4.79 Å². The SMILES string of the molecule is C.C.C=CC=O.CCCC. The zero-order valence-corrected chi connectivity index (χ0v) is 5.68. The van der Waals surface area contributed by atoms with Crippen LogP contribution in [0.4, 0.5) is 0 Å². The Morgan fingerprint density at radius 3 is 1.40 bits per heavy atom. The highest BCUT2D eigenvalue weighted by atomic mass is 16.1. The molecule has 0 aliphatic carbocycles. The van der Waals surface area contributed by atoms with Gasteiger partial charge in [-0.15, -0.1) is 0 Å². The first kappa shape index (κ1) is 22.7. The molecule has 0 fully saturated rings. The molecule has 0 aliphatic rings. The molecule has 0 aromatic carbocycles. The average Bonchev–Trinajstić information content (AvgIpc) is 1.88. The van der Waals surface area contributed by atoms with Gasteiger partial charge in [0.15, 0.2) is 0 Å². The van der Waals surface area contributed by atoms with Crippen LogP contribution in [-0.2, 0) is 4.79 Å². The van der Waals surface area contributed by atoms with Crippen molar-refractivity contribution in [3.63, 3.8) is 0 Å². The lowest BCUT2D eigenvalue weighted by molar-refractivity contribution is -0.104. The number of aldehydes is 1. The van der Waals surface area contributed by atoms with Crippen LogP contribution < -0.4 is 0 Å². The molecule has 0 saturated heterocycles. The third-order valence-corrected chi connectivity index (χ3v) is 0.596. The Balaban J connectivity index is -0.0000000300. The summed E-state index contributed by atoms with van der Waals surface area (Å²) in [6, 6.07) is 0. The van der Waals surface area contributed by atoms with Crippen molar-refractivity contribution in [3.05, 3.63) is 12.7 Å². The first-order valence-corrected chi connectivity index (χ1v) is 2.89. The zero-order valence-electron chi connectivity index (χ0n) is 5.68. The van der Waals surface area contributed by atoms with Gasteiger partial charge in [0.1, 0.15) is 6.29 Å². The van der Waals surface area contributed by atoms with Crippen LogP contribution in [0.25, 0.3) is 0 Å². The minimum atomic E-state index is 0. The van der Waals surface area contributed by atoms with Gasteiger partial charge in [-0.1, -0.05) is 48.1 Å². The second-order valence-corrected chi connectivity index (χ2v) is 1.37. The third-order valence-electron chi connectivity index (χ3n) is 0.596. The summed E-state index contributed by atoms with van der Waals surface area (Å²) in [4.78, 5) is 9.06. The summed E-state index contributed by atoms with van der Waals surface area (Å²) >= 11 is 0. The van der Waals surface area contributed by atoms with Crippen molar-refractivity contribution in [1.29, 1.82) is 0 Å². The molecular formula is C9H22O. The standard InChI is InChI=1S/C4H10.C3H4O.2CH4/c1-3-4-2;1-2-3-4;;/h3-4H2,1-2H3;2-3H,1H2;2*1H4. The van der Waals surface area contributed by atoms with E-state index in [2.05, 4.69) is 20.4 Å². The van der Waals surface area contributed by atoms with Crippen LogP contribution in [0, 0.1) is 0 Å². The van der Waals surface area contributed by atoms with Crippen LogP contribution in [0.3, 0.4) is 0 Å². The van der Waals surface area contributed by atoms with Crippen molar-refractivity contribution in [1.82, 2.24) is 0 Å². The van der Waals surface area contributed by atoms with E-state index in [4.69, 9.17) is 4.79 Å². The quantitative estimate of drug-likeness (QED) is 0.431. The van der Waals surface area contributed by atoms with Gasteiger partial charge in [-0.05, 0) is 6.08 Å². The first-order valence-electron chi connectivity index (χ1n) is 2.89. The van der Waals surface area contributed by atoms with Gasteiger partial charge in [0.2, 0.25) is 0 Å². The first-order chi connectivity index (χ1) is 3.83. The number of carbonyl (C=O) groups is 1. The summed E-state index contributed by atoms with van der Waals surface area (Å²) < 4.78 is 0. The van der Waals surface area contributed by atoms with Crippen LogP contribution in [0.15, 0.2) is 12.7 Å². The molecule has 0 bridgehead atoms. The van der Waals surface area contributed by atoms with Gasteiger partial charge in [0.25, 0.3) is 0 Å². The molecule has 64 valence electrons. The van der Waals surface area contributed by atoms with Gasteiger partial charge in [0.05, 0.1) is 0 Å². The molecule has 1 heteroatoms. The fraction of sp³-hybridized carbons (Fsp3) is 0.667. The van der Waals surface area contributed by atoms with Gasteiger partial charge in [-0.2, -0.15) is 0 Å². The van der Waals surface area contributed by atoms with Crippen molar-refractivity contribution in [2.45, 2.75) is 41.5 Å². The molecule has 0 unspecified atom stereocenters. The molecule has 0 heterocycles. The van der Waals surface area contributed by atoms with E-state index in [0.29, 0.717) is 6.29 Å². The smallest absolute Gasteiger partial charge is 0.142 e. The molecule has 1 nitrogen and oxygen atoms in total. The van der Waals surface area contributed by atoms with E-state index in [-0.39, 0.29) is 14.9 Å². The van der Waals surface area contributed by atoms with Crippen molar-refractivity contribution in [3.8, 4) is 0 Å². The largest absolute Gasteiger partial charge is 0.299 e. The number of carbonyl (C=O) groups excluding carboxylic acids is 1. The highest BCUT2D eigenvalue weighted by Gasteiger charge is 1.56. The molecule has 0 aromatic heterocycles. The Morgan fingerprint density at radius 2 is 1.40 bits per heavy atom.